The number of carbonyl (C=O) groups excluding carboxylic acids is 1. The lowest BCUT2D eigenvalue weighted by Gasteiger charge is -2.34. The van der Waals surface area contributed by atoms with Crippen molar-refractivity contribution in [1.29, 1.82) is 0 Å². The van der Waals surface area contributed by atoms with Crippen molar-refractivity contribution >= 4 is 29.2 Å². The second-order valence-electron chi connectivity index (χ2n) is 4.68. The summed E-state index contributed by atoms with van der Waals surface area (Å²) in [4.78, 5) is 39.8. The van der Waals surface area contributed by atoms with E-state index in [9.17, 15) is 14.4 Å². The van der Waals surface area contributed by atoms with Gasteiger partial charge in [0.25, 0.3) is 5.91 Å². The first-order valence-electron chi connectivity index (χ1n) is 6.07. The Hall–Kier alpha value is -1.96. The number of piperidine rings is 1. The molecule has 1 aliphatic heterocycles. The number of aryl methyl sites for hydroxylation is 1. The van der Waals surface area contributed by atoms with E-state index < -0.39 is 23.8 Å². The molecule has 1 saturated heterocycles. The van der Waals surface area contributed by atoms with Crippen molar-refractivity contribution in [1.82, 2.24) is 9.88 Å². The van der Waals surface area contributed by atoms with E-state index in [2.05, 4.69) is 4.98 Å². The van der Waals surface area contributed by atoms with Crippen LogP contribution in [-0.4, -0.2) is 51.0 Å². The predicted octanol–water partition coefficient (Wildman–Crippen LogP) is 0.699. The molecule has 1 amide bonds. The highest BCUT2D eigenvalue weighted by Crippen LogP contribution is 2.25. The maximum atomic E-state index is 12.2. The van der Waals surface area contributed by atoms with E-state index in [4.69, 9.17) is 10.2 Å². The molecular formula is C12H14N2O5S. The van der Waals surface area contributed by atoms with Gasteiger partial charge in [-0.05, 0) is 13.3 Å². The Balaban J connectivity index is 2.14. The molecule has 20 heavy (non-hydrogen) atoms. The zero-order valence-corrected chi connectivity index (χ0v) is 11.6. The first kappa shape index (κ1) is 14.4. The lowest BCUT2D eigenvalue weighted by atomic mass is 9.85. The predicted molar refractivity (Wildman–Crippen MR) is 69.6 cm³/mol. The SMILES string of the molecule is Cc1nc(C(=O)N2CCC(C(=O)O)C(C(=O)O)C2)cs1. The van der Waals surface area contributed by atoms with E-state index >= 15 is 0 Å². The number of amides is 1. The second kappa shape index (κ2) is 5.58. The van der Waals surface area contributed by atoms with Crippen molar-refractivity contribution in [3.05, 3.63) is 16.1 Å². The van der Waals surface area contributed by atoms with E-state index in [-0.39, 0.29) is 31.1 Å². The molecule has 0 spiro atoms. The van der Waals surface area contributed by atoms with E-state index in [0.717, 1.165) is 5.01 Å². The topological polar surface area (TPSA) is 108 Å². The quantitative estimate of drug-likeness (QED) is 0.850. The van der Waals surface area contributed by atoms with Crippen molar-refractivity contribution in [2.75, 3.05) is 13.1 Å². The molecule has 8 heteroatoms. The molecule has 1 aromatic rings. The van der Waals surface area contributed by atoms with Gasteiger partial charge in [-0.1, -0.05) is 0 Å². The maximum absolute atomic E-state index is 12.2. The summed E-state index contributed by atoms with van der Waals surface area (Å²) in [6.45, 7) is 1.91. The standard InChI is InChI=1S/C12H14N2O5S/c1-6-13-9(5-20-6)10(15)14-3-2-7(11(16)17)8(4-14)12(18)19/h5,7-8H,2-4H2,1H3,(H,16,17)(H,18,19). The number of aromatic nitrogens is 1. The van der Waals surface area contributed by atoms with Gasteiger partial charge in [0.2, 0.25) is 0 Å². The van der Waals surface area contributed by atoms with Gasteiger partial charge < -0.3 is 15.1 Å². The van der Waals surface area contributed by atoms with Gasteiger partial charge in [-0.2, -0.15) is 0 Å². The first-order valence-corrected chi connectivity index (χ1v) is 6.95. The summed E-state index contributed by atoms with van der Waals surface area (Å²) in [5, 5.41) is 20.5. The number of aliphatic carboxylic acids is 2. The summed E-state index contributed by atoms with van der Waals surface area (Å²) in [5.41, 5.74) is 0.283. The maximum Gasteiger partial charge on any atom is 0.309 e. The van der Waals surface area contributed by atoms with Crippen LogP contribution >= 0.6 is 11.3 Å². The Morgan fingerprint density at radius 1 is 1.30 bits per heavy atom. The molecule has 0 radical (unpaired) electrons. The number of carboxylic acids is 2. The number of likely N-dealkylation sites (tertiary alicyclic amines) is 1. The van der Waals surface area contributed by atoms with E-state index in [0.29, 0.717) is 0 Å². The minimum Gasteiger partial charge on any atom is -0.481 e. The molecule has 7 nitrogen and oxygen atoms in total. The largest absolute Gasteiger partial charge is 0.481 e. The van der Waals surface area contributed by atoms with Crippen LogP contribution in [0.5, 0.6) is 0 Å². The molecule has 108 valence electrons. The summed E-state index contributed by atoms with van der Waals surface area (Å²) >= 11 is 1.34. The monoisotopic (exact) mass is 298 g/mol. The van der Waals surface area contributed by atoms with Crippen LogP contribution in [-0.2, 0) is 9.59 Å². The molecule has 0 aliphatic carbocycles. The Labute approximate surface area is 118 Å². The molecular weight excluding hydrogens is 284 g/mol. The normalized spacial score (nSPS) is 22.6. The molecule has 0 saturated carbocycles. The fourth-order valence-electron chi connectivity index (χ4n) is 2.31. The van der Waals surface area contributed by atoms with Gasteiger partial charge >= 0.3 is 11.9 Å². The molecule has 1 fully saturated rings. The Morgan fingerprint density at radius 3 is 2.45 bits per heavy atom. The summed E-state index contributed by atoms with van der Waals surface area (Å²) in [6, 6.07) is 0. The molecule has 1 aromatic heterocycles. The van der Waals surface area contributed by atoms with Crippen LogP contribution in [0.2, 0.25) is 0 Å². The summed E-state index contributed by atoms with van der Waals surface area (Å²) in [5.74, 6) is -4.69. The Bertz CT molecular complexity index is 556. The number of thiazole rings is 1. The minimum atomic E-state index is -1.19. The summed E-state index contributed by atoms with van der Waals surface area (Å²) < 4.78 is 0. The fraction of sp³-hybridized carbons (Fsp3) is 0.500. The van der Waals surface area contributed by atoms with Gasteiger partial charge in [0.15, 0.2) is 0 Å². The molecule has 2 rings (SSSR count). The molecule has 2 unspecified atom stereocenters. The van der Waals surface area contributed by atoms with E-state index in [1.54, 1.807) is 12.3 Å². The highest BCUT2D eigenvalue weighted by atomic mass is 32.1. The van der Waals surface area contributed by atoms with Gasteiger partial charge in [-0.3, -0.25) is 14.4 Å². The zero-order valence-electron chi connectivity index (χ0n) is 10.8. The van der Waals surface area contributed by atoms with Gasteiger partial charge in [0.05, 0.1) is 16.8 Å². The van der Waals surface area contributed by atoms with Crippen LogP contribution in [0.1, 0.15) is 21.9 Å². The third kappa shape index (κ3) is 2.79. The summed E-state index contributed by atoms with van der Waals surface area (Å²) in [6.07, 6.45) is 0.140. The lowest BCUT2D eigenvalue weighted by molar-refractivity contribution is -0.156. The number of hydrogen-bond donors (Lipinski definition) is 2. The van der Waals surface area contributed by atoms with Crippen molar-refractivity contribution in [2.45, 2.75) is 13.3 Å². The fourth-order valence-corrected chi connectivity index (χ4v) is 2.89. The molecule has 2 N–H and O–H groups in total. The number of nitrogens with zero attached hydrogens (tertiary/aromatic N) is 2. The van der Waals surface area contributed by atoms with Crippen molar-refractivity contribution < 1.29 is 24.6 Å². The van der Waals surface area contributed by atoms with Crippen LogP contribution in [0.3, 0.4) is 0 Å². The van der Waals surface area contributed by atoms with Gasteiger partial charge in [0.1, 0.15) is 5.69 Å². The van der Waals surface area contributed by atoms with Crippen LogP contribution in [0.4, 0.5) is 0 Å². The first-order chi connectivity index (χ1) is 9.40. The van der Waals surface area contributed by atoms with Gasteiger partial charge in [0, 0.05) is 18.5 Å². The van der Waals surface area contributed by atoms with Crippen molar-refractivity contribution in [3.63, 3.8) is 0 Å². The molecule has 2 atom stereocenters. The molecule has 0 aromatic carbocycles. The molecule has 1 aliphatic rings. The Kier molecular flexibility index (Phi) is 4.03. The van der Waals surface area contributed by atoms with Crippen LogP contribution < -0.4 is 0 Å². The average molecular weight is 298 g/mol. The van der Waals surface area contributed by atoms with Crippen LogP contribution in [0.25, 0.3) is 0 Å². The molecule has 0 bridgehead atoms. The highest BCUT2D eigenvalue weighted by molar-refractivity contribution is 7.09. The third-order valence-electron chi connectivity index (χ3n) is 3.37. The number of carboxylic acid groups (broad SMARTS) is 2. The zero-order chi connectivity index (χ0) is 14.9. The van der Waals surface area contributed by atoms with Crippen molar-refractivity contribution in [3.8, 4) is 0 Å². The van der Waals surface area contributed by atoms with Gasteiger partial charge in [-0.25, -0.2) is 4.98 Å². The van der Waals surface area contributed by atoms with E-state index in [1.165, 1.54) is 16.2 Å². The number of hydrogen-bond acceptors (Lipinski definition) is 5. The van der Waals surface area contributed by atoms with E-state index in [1.807, 2.05) is 0 Å². The van der Waals surface area contributed by atoms with Crippen molar-refractivity contribution in [2.24, 2.45) is 11.8 Å². The van der Waals surface area contributed by atoms with Gasteiger partial charge in [-0.15, -0.1) is 11.3 Å². The smallest absolute Gasteiger partial charge is 0.309 e. The second-order valence-corrected chi connectivity index (χ2v) is 5.74. The molecule has 2 heterocycles. The lowest BCUT2D eigenvalue weighted by Crippen LogP contribution is -2.48. The number of carbonyl (C=O) groups is 3. The summed E-state index contributed by atoms with van der Waals surface area (Å²) in [7, 11) is 0. The third-order valence-corrected chi connectivity index (χ3v) is 4.15. The number of rotatable bonds is 3. The average Bonchev–Trinajstić information content (AvgIpc) is 2.83. The highest BCUT2D eigenvalue weighted by Gasteiger charge is 2.40. The van der Waals surface area contributed by atoms with Crippen LogP contribution in [0.15, 0.2) is 5.38 Å². The minimum absolute atomic E-state index is 0.0955. The Morgan fingerprint density at radius 2 is 1.95 bits per heavy atom. The van der Waals surface area contributed by atoms with Crippen LogP contribution in [0, 0.1) is 18.8 Å².